The van der Waals surface area contributed by atoms with Crippen LogP contribution in [0.15, 0.2) is 97.1 Å². The first-order chi connectivity index (χ1) is 17.2. The zero-order chi connectivity index (χ0) is 24.6. The molecule has 0 aliphatic rings. The van der Waals surface area contributed by atoms with Gasteiger partial charge in [0.15, 0.2) is 23.0 Å². The second kappa shape index (κ2) is 11.7. The van der Waals surface area contributed by atoms with Crippen molar-refractivity contribution in [3.05, 3.63) is 97.1 Å². The summed E-state index contributed by atoms with van der Waals surface area (Å²) in [5, 5.41) is 4.39. The third kappa shape index (κ3) is 5.27. The van der Waals surface area contributed by atoms with Gasteiger partial charge in [-0.15, -0.1) is 0 Å². The molecule has 5 nitrogen and oxygen atoms in total. The molecule has 0 saturated carbocycles. The lowest BCUT2D eigenvalue weighted by atomic mass is 10.3. The number of para-hydroxylation sites is 2. The Morgan fingerprint density at radius 3 is 1.17 bits per heavy atom. The highest BCUT2D eigenvalue weighted by Crippen LogP contribution is 2.26. The average Bonchev–Trinajstić information content (AvgIpc) is 2.93. The summed E-state index contributed by atoms with van der Waals surface area (Å²) in [7, 11) is 2.18. The van der Waals surface area contributed by atoms with Crippen molar-refractivity contribution in [2.45, 2.75) is 0 Å². The number of rotatable bonds is 10. The fourth-order valence-corrected chi connectivity index (χ4v) is 11.2. The van der Waals surface area contributed by atoms with E-state index in [1.54, 1.807) is 28.4 Å². The quantitative estimate of drug-likeness (QED) is 0.311. The first kappa shape index (κ1) is 24.6. The molecular weight excluding hydrogens is 472 g/mol. The second-order valence-electron chi connectivity index (χ2n) is 7.88. The zero-order valence-electron chi connectivity index (χ0n) is 20.4. The van der Waals surface area contributed by atoms with Crippen LogP contribution in [0.25, 0.3) is 0 Å². The van der Waals surface area contributed by atoms with E-state index in [-0.39, 0.29) is 0 Å². The van der Waals surface area contributed by atoms with Crippen molar-refractivity contribution in [2.24, 2.45) is 0 Å². The van der Waals surface area contributed by atoms with Gasteiger partial charge in [0.05, 0.1) is 28.4 Å². The third-order valence-electron chi connectivity index (χ3n) is 5.91. The lowest BCUT2D eigenvalue weighted by Gasteiger charge is -2.27. The van der Waals surface area contributed by atoms with Gasteiger partial charge in [0.1, 0.15) is 0 Å². The van der Waals surface area contributed by atoms with Crippen LogP contribution in [0.4, 0.5) is 0 Å². The average molecular weight is 503 g/mol. The van der Waals surface area contributed by atoms with E-state index in [0.717, 1.165) is 20.7 Å². The highest BCUT2D eigenvalue weighted by Gasteiger charge is 2.31. The molecule has 0 aliphatic heterocycles. The lowest BCUT2D eigenvalue weighted by molar-refractivity contribution is 0.356. The first-order valence-corrected chi connectivity index (χ1v) is 14.6. The molecule has 0 heterocycles. The molecule has 4 aromatic carbocycles. The van der Waals surface area contributed by atoms with Gasteiger partial charge < -0.3 is 23.1 Å². The maximum Gasteiger partial charge on any atom is 0.232 e. The first-order valence-electron chi connectivity index (χ1n) is 11.4. The lowest BCUT2D eigenvalue weighted by Crippen LogP contribution is -2.56. The van der Waals surface area contributed by atoms with Crippen molar-refractivity contribution in [2.75, 3.05) is 28.4 Å². The summed E-state index contributed by atoms with van der Waals surface area (Å²) in [5.74, 6) is 2.82. The minimum absolute atomic E-state index is 0.693. The molecule has 35 heavy (non-hydrogen) atoms. The molecule has 0 aromatic heterocycles. The maximum atomic E-state index is 7.29. The van der Waals surface area contributed by atoms with Gasteiger partial charge >= 0.3 is 0 Å². The Labute approximate surface area is 210 Å². The van der Waals surface area contributed by atoms with E-state index in [1.807, 2.05) is 36.4 Å². The molecular formula is C28H30O5Si2. The largest absolute Gasteiger partial charge is 0.493 e. The summed E-state index contributed by atoms with van der Waals surface area (Å²) >= 11 is 0. The normalized spacial score (nSPS) is 12.5. The van der Waals surface area contributed by atoms with Gasteiger partial charge in [-0.1, -0.05) is 84.9 Å². The fraction of sp³-hybridized carbons (Fsp3) is 0.143. The Balaban J connectivity index is 1.91. The fourth-order valence-electron chi connectivity index (χ4n) is 4.29. The van der Waals surface area contributed by atoms with E-state index in [2.05, 4.69) is 60.7 Å². The molecule has 2 atom stereocenters. The van der Waals surface area contributed by atoms with E-state index in [9.17, 15) is 0 Å². The summed E-state index contributed by atoms with van der Waals surface area (Å²) in [5.41, 5.74) is 0. The number of methoxy groups -OCH3 is 4. The molecule has 0 radical (unpaired) electrons. The number of ether oxygens (including phenoxy) is 4. The number of benzene rings is 4. The van der Waals surface area contributed by atoms with Crippen molar-refractivity contribution < 1.29 is 23.1 Å². The Hall–Kier alpha value is -3.53. The molecule has 0 spiro atoms. The molecule has 0 amide bonds. The minimum Gasteiger partial charge on any atom is -0.493 e. The van der Waals surface area contributed by atoms with Crippen LogP contribution in [0.1, 0.15) is 0 Å². The maximum absolute atomic E-state index is 7.29. The molecule has 0 N–H and O–H groups in total. The van der Waals surface area contributed by atoms with Crippen LogP contribution in [0.2, 0.25) is 0 Å². The molecule has 0 fully saturated rings. The second-order valence-corrected chi connectivity index (χ2v) is 13.1. The highest BCUT2D eigenvalue weighted by molar-refractivity contribution is 6.92. The van der Waals surface area contributed by atoms with E-state index in [0.29, 0.717) is 23.0 Å². The topological polar surface area (TPSA) is 46.2 Å². The van der Waals surface area contributed by atoms with Gasteiger partial charge in [-0.2, -0.15) is 0 Å². The van der Waals surface area contributed by atoms with E-state index < -0.39 is 18.1 Å². The SMILES string of the molecule is COc1cccc([SiH](O[SiH](c2ccccc2)c2cccc(OC)c2OC)c2ccccc2)c1OC. The smallest absolute Gasteiger partial charge is 0.232 e. The Bertz CT molecular complexity index is 1140. The number of hydrogen-bond acceptors (Lipinski definition) is 5. The van der Waals surface area contributed by atoms with Crippen LogP contribution in [-0.2, 0) is 4.12 Å². The molecule has 4 aromatic rings. The van der Waals surface area contributed by atoms with Crippen LogP contribution >= 0.6 is 0 Å². The Morgan fingerprint density at radius 2 is 0.829 bits per heavy atom. The van der Waals surface area contributed by atoms with Crippen LogP contribution in [0.5, 0.6) is 23.0 Å². The monoisotopic (exact) mass is 502 g/mol. The van der Waals surface area contributed by atoms with Gasteiger partial charge in [-0.25, -0.2) is 0 Å². The van der Waals surface area contributed by atoms with E-state index in [1.165, 1.54) is 0 Å². The summed E-state index contributed by atoms with van der Waals surface area (Å²) < 4.78 is 30.2. The third-order valence-corrected chi connectivity index (χ3v) is 12.1. The van der Waals surface area contributed by atoms with Crippen LogP contribution in [-0.4, -0.2) is 46.5 Å². The van der Waals surface area contributed by atoms with Gasteiger partial charge in [0, 0.05) is 10.4 Å². The van der Waals surface area contributed by atoms with Crippen molar-refractivity contribution in [1.82, 2.24) is 0 Å². The summed E-state index contributed by atoms with van der Waals surface area (Å²) in [6.07, 6.45) is 0. The molecule has 0 bridgehead atoms. The summed E-state index contributed by atoms with van der Waals surface area (Å²) in [4.78, 5) is 0. The van der Waals surface area contributed by atoms with E-state index >= 15 is 0 Å². The van der Waals surface area contributed by atoms with Gasteiger partial charge in [0.2, 0.25) is 18.1 Å². The van der Waals surface area contributed by atoms with Crippen LogP contribution in [0, 0.1) is 0 Å². The van der Waals surface area contributed by atoms with Gasteiger partial charge in [0.25, 0.3) is 0 Å². The molecule has 7 heteroatoms. The standard InChI is InChI=1S/C28H30O5Si2/c1-29-23-17-11-19-25(27(23)31-3)34(21-13-7-5-8-14-21)33-35(22-15-9-6-10-16-22)26-20-12-18-24(30-2)28(26)32-4/h5-20,34-35H,1-4H3. The van der Waals surface area contributed by atoms with Crippen molar-refractivity contribution in [1.29, 1.82) is 0 Å². The Kier molecular flexibility index (Phi) is 8.25. The van der Waals surface area contributed by atoms with Gasteiger partial charge in [-0.05, 0) is 22.5 Å². The summed E-state index contributed by atoms with van der Waals surface area (Å²) in [6, 6.07) is 32.8. The molecule has 180 valence electrons. The van der Waals surface area contributed by atoms with Crippen LogP contribution < -0.4 is 39.7 Å². The van der Waals surface area contributed by atoms with E-state index in [4.69, 9.17) is 23.1 Å². The highest BCUT2D eigenvalue weighted by atomic mass is 28.4. The predicted molar refractivity (Wildman–Crippen MR) is 146 cm³/mol. The van der Waals surface area contributed by atoms with Crippen LogP contribution in [0.3, 0.4) is 0 Å². The number of hydrogen-bond donors (Lipinski definition) is 0. The molecule has 0 saturated heterocycles. The minimum atomic E-state index is -2.24. The molecule has 0 aliphatic carbocycles. The van der Waals surface area contributed by atoms with Crippen molar-refractivity contribution >= 4 is 38.8 Å². The Morgan fingerprint density at radius 1 is 0.429 bits per heavy atom. The van der Waals surface area contributed by atoms with Gasteiger partial charge in [-0.3, -0.25) is 0 Å². The molecule has 4 rings (SSSR count). The van der Waals surface area contributed by atoms with Crippen molar-refractivity contribution in [3.8, 4) is 23.0 Å². The molecule has 2 unspecified atom stereocenters. The zero-order valence-corrected chi connectivity index (χ0v) is 22.7. The van der Waals surface area contributed by atoms with Crippen molar-refractivity contribution in [3.63, 3.8) is 0 Å². The predicted octanol–water partition coefficient (Wildman–Crippen LogP) is 2.11. The summed E-state index contributed by atoms with van der Waals surface area (Å²) in [6.45, 7) is 0.